The smallest absolute Gasteiger partial charge is 0.234 e. The number of carbonyl (C=O) groups excluding carboxylic acids is 1. The van der Waals surface area contributed by atoms with E-state index in [1.807, 2.05) is 5.01 Å². The van der Waals surface area contributed by atoms with Crippen molar-refractivity contribution in [3.63, 3.8) is 0 Å². The Balaban J connectivity index is 2.14. The van der Waals surface area contributed by atoms with E-state index in [1.165, 1.54) is 0 Å². The molecule has 0 aromatic rings. The van der Waals surface area contributed by atoms with Crippen LogP contribution in [-0.2, 0) is 9.53 Å². The number of nitrogens with two attached hydrogens (primary N) is 1. The molecule has 0 bridgehead atoms. The van der Waals surface area contributed by atoms with Gasteiger partial charge in [0.05, 0.1) is 13.2 Å². The van der Waals surface area contributed by atoms with Crippen molar-refractivity contribution in [3.05, 3.63) is 0 Å². The SMILES string of the molecule is CCC(CCN)CCC(=O)NN1CCOCC1. The number of morpholine rings is 1. The summed E-state index contributed by atoms with van der Waals surface area (Å²) in [7, 11) is 0. The van der Waals surface area contributed by atoms with Crippen molar-refractivity contribution >= 4 is 5.91 Å². The number of hydrogen-bond donors (Lipinski definition) is 2. The minimum atomic E-state index is 0.113. The fourth-order valence-corrected chi connectivity index (χ4v) is 2.03. The van der Waals surface area contributed by atoms with Crippen molar-refractivity contribution in [1.82, 2.24) is 10.4 Å². The third-order valence-electron chi connectivity index (χ3n) is 3.23. The second kappa shape index (κ2) is 8.44. The summed E-state index contributed by atoms with van der Waals surface area (Å²) in [5.41, 5.74) is 8.46. The molecule has 0 saturated carbocycles. The predicted octanol–water partition coefficient (Wildman–Crippen LogP) is 0.505. The molecule has 1 fully saturated rings. The quantitative estimate of drug-likeness (QED) is 0.683. The molecule has 1 saturated heterocycles. The van der Waals surface area contributed by atoms with Gasteiger partial charge in [0.25, 0.3) is 0 Å². The van der Waals surface area contributed by atoms with Gasteiger partial charge in [0, 0.05) is 19.5 Å². The van der Waals surface area contributed by atoms with Crippen LogP contribution in [0.1, 0.15) is 32.6 Å². The molecule has 1 heterocycles. The maximum atomic E-state index is 11.7. The molecule has 0 radical (unpaired) electrons. The van der Waals surface area contributed by atoms with E-state index in [4.69, 9.17) is 10.5 Å². The van der Waals surface area contributed by atoms with E-state index < -0.39 is 0 Å². The van der Waals surface area contributed by atoms with E-state index in [2.05, 4.69) is 12.3 Å². The fraction of sp³-hybridized carbons (Fsp3) is 0.917. The molecule has 1 amide bonds. The predicted molar refractivity (Wildman–Crippen MR) is 67.2 cm³/mol. The number of rotatable bonds is 7. The lowest BCUT2D eigenvalue weighted by Crippen LogP contribution is -2.48. The van der Waals surface area contributed by atoms with Crippen LogP contribution in [0.15, 0.2) is 0 Å². The van der Waals surface area contributed by atoms with Gasteiger partial charge >= 0.3 is 0 Å². The highest BCUT2D eigenvalue weighted by molar-refractivity contribution is 5.75. The summed E-state index contributed by atoms with van der Waals surface area (Å²) < 4.78 is 5.22. The first-order valence-corrected chi connectivity index (χ1v) is 6.58. The zero-order valence-corrected chi connectivity index (χ0v) is 10.8. The van der Waals surface area contributed by atoms with Gasteiger partial charge in [0.2, 0.25) is 5.91 Å². The lowest BCUT2D eigenvalue weighted by atomic mass is 9.96. The van der Waals surface area contributed by atoms with Gasteiger partial charge in [-0.1, -0.05) is 13.3 Å². The zero-order chi connectivity index (χ0) is 12.5. The number of amides is 1. The Labute approximate surface area is 104 Å². The molecule has 1 aliphatic heterocycles. The molecule has 1 atom stereocenters. The number of hydrazine groups is 1. The van der Waals surface area contributed by atoms with Gasteiger partial charge in [-0.15, -0.1) is 0 Å². The second-order valence-electron chi connectivity index (χ2n) is 4.52. The number of nitrogens with one attached hydrogen (secondary N) is 1. The molecule has 17 heavy (non-hydrogen) atoms. The maximum Gasteiger partial charge on any atom is 0.234 e. The first kappa shape index (κ1) is 14.4. The Morgan fingerprint density at radius 3 is 2.71 bits per heavy atom. The van der Waals surface area contributed by atoms with E-state index in [-0.39, 0.29) is 5.91 Å². The average Bonchev–Trinajstić information content (AvgIpc) is 2.35. The van der Waals surface area contributed by atoms with Gasteiger partial charge in [0.15, 0.2) is 0 Å². The van der Waals surface area contributed by atoms with Crippen molar-refractivity contribution < 1.29 is 9.53 Å². The molecule has 5 nitrogen and oxygen atoms in total. The van der Waals surface area contributed by atoms with Gasteiger partial charge < -0.3 is 10.5 Å². The van der Waals surface area contributed by atoms with Crippen molar-refractivity contribution in [2.24, 2.45) is 11.7 Å². The van der Waals surface area contributed by atoms with Gasteiger partial charge in [0.1, 0.15) is 0 Å². The lowest BCUT2D eigenvalue weighted by Gasteiger charge is -2.27. The summed E-state index contributed by atoms with van der Waals surface area (Å²) in [5.74, 6) is 0.692. The third kappa shape index (κ3) is 6.00. The van der Waals surface area contributed by atoms with Crippen molar-refractivity contribution in [1.29, 1.82) is 0 Å². The molecular formula is C12H25N3O2. The first-order chi connectivity index (χ1) is 8.26. The molecule has 1 unspecified atom stereocenters. The summed E-state index contributed by atoms with van der Waals surface area (Å²) in [5, 5.41) is 1.94. The van der Waals surface area contributed by atoms with Crippen LogP contribution in [0.2, 0.25) is 0 Å². The first-order valence-electron chi connectivity index (χ1n) is 6.58. The van der Waals surface area contributed by atoms with Crippen LogP contribution in [-0.4, -0.2) is 43.8 Å². The van der Waals surface area contributed by atoms with E-state index in [1.54, 1.807) is 0 Å². The van der Waals surface area contributed by atoms with E-state index in [9.17, 15) is 4.79 Å². The second-order valence-corrected chi connectivity index (χ2v) is 4.52. The monoisotopic (exact) mass is 243 g/mol. The van der Waals surface area contributed by atoms with Gasteiger partial charge in [-0.25, -0.2) is 5.01 Å². The minimum Gasteiger partial charge on any atom is -0.379 e. The normalized spacial score (nSPS) is 18.9. The van der Waals surface area contributed by atoms with E-state index >= 15 is 0 Å². The molecule has 0 aliphatic carbocycles. The average molecular weight is 243 g/mol. The van der Waals surface area contributed by atoms with Crippen molar-refractivity contribution in [3.8, 4) is 0 Å². The molecule has 1 aliphatic rings. The highest BCUT2D eigenvalue weighted by Gasteiger charge is 2.14. The van der Waals surface area contributed by atoms with Crippen molar-refractivity contribution in [2.45, 2.75) is 32.6 Å². The molecule has 1 rings (SSSR count). The Hall–Kier alpha value is -0.650. The maximum absolute atomic E-state index is 11.7. The minimum absolute atomic E-state index is 0.113. The summed E-state index contributed by atoms with van der Waals surface area (Å²) in [6, 6.07) is 0. The van der Waals surface area contributed by atoms with Gasteiger partial charge in [-0.3, -0.25) is 10.2 Å². The van der Waals surface area contributed by atoms with Crippen LogP contribution in [0, 0.1) is 5.92 Å². The zero-order valence-electron chi connectivity index (χ0n) is 10.8. The molecule has 0 spiro atoms. The van der Waals surface area contributed by atoms with Crippen LogP contribution < -0.4 is 11.2 Å². The highest BCUT2D eigenvalue weighted by atomic mass is 16.5. The topological polar surface area (TPSA) is 67.6 Å². The Kier molecular flexibility index (Phi) is 7.16. The van der Waals surface area contributed by atoms with Gasteiger partial charge in [-0.05, 0) is 25.3 Å². The van der Waals surface area contributed by atoms with Crippen LogP contribution in [0.5, 0.6) is 0 Å². The summed E-state index contributed by atoms with van der Waals surface area (Å²) in [4.78, 5) is 11.7. The van der Waals surface area contributed by atoms with Crippen LogP contribution in [0.25, 0.3) is 0 Å². The van der Waals surface area contributed by atoms with Crippen LogP contribution >= 0.6 is 0 Å². The molecule has 0 aromatic carbocycles. The van der Waals surface area contributed by atoms with E-state index in [0.29, 0.717) is 32.1 Å². The number of carbonyl (C=O) groups is 1. The Morgan fingerprint density at radius 2 is 2.12 bits per heavy atom. The molecule has 5 heteroatoms. The van der Waals surface area contributed by atoms with Crippen LogP contribution in [0.3, 0.4) is 0 Å². The Bertz CT molecular complexity index is 218. The summed E-state index contributed by atoms with van der Waals surface area (Å²) in [6.07, 6.45) is 3.64. The molecule has 0 aromatic heterocycles. The number of hydrogen-bond acceptors (Lipinski definition) is 4. The van der Waals surface area contributed by atoms with Crippen molar-refractivity contribution in [2.75, 3.05) is 32.8 Å². The lowest BCUT2D eigenvalue weighted by molar-refractivity contribution is -0.128. The fourth-order valence-electron chi connectivity index (χ4n) is 2.03. The summed E-state index contributed by atoms with van der Waals surface area (Å²) in [6.45, 7) is 5.83. The summed E-state index contributed by atoms with van der Waals surface area (Å²) >= 11 is 0. The molecule has 3 N–H and O–H groups in total. The highest BCUT2D eigenvalue weighted by Crippen LogP contribution is 2.14. The standard InChI is InChI=1S/C12H25N3O2/c1-2-11(5-6-13)3-4-12(16)14-15-7-9-17-10-8-15/h11H,2-10,13H2,1H3,(H,14,16). The number of nitrogens with zero attached hydrogens (tertiary/aromatic N) is 1. The third-order valence-corrected chi connectivity index (χ3v) is 3.23. The number of ether oxygens (including phenoxy) is 1. The molecular weight excluding hydrogens is 218 g/mol. The molecule has 100 valence electrons. The van der Waals surface area contributed by atoms with Crippen LogP contribution in [0.4, 0.5) is 0 Å². The Morgan fingerprint density at radius 1 is 1.41 bits per heavy atom. The largest absolute Gasteiger partial charge is 0.379 e. The van der Waals surface area contributed by atoms with Gasteiger partial charge in [-0.2, -0.15) is 0 Å². The van der Waals surface area contributed by atoms with E-state index in [0.717, 1.165) is 32.4 Å².